The van der Waals surface area contributed by atoms with Crippen LogP contribution in [0.15, 0.2) is 56.0 Å². The average Bonchev–Trinajstić information content (AvgIpc) is 3.01. The lowest BCUT2D eigenvalue weighted by Crippen LogP contribution is -2.08. The minimum atomic E-state index is -0.261. The molecule has 21 heavy (non-hydrogen) atoms. The molecule has 108 valence electrons. The molecule has 3 N–H and O–H groups in total. The molecule has 0 amide bonds. The molecule has 1 aromatic carbocycles. The molecular formula is C16H17N3O2. The molecular weight excluding hydrogens is 266 g/mol. The highest BCUT2D eigenvalue weighted by Crippen LogP contribution is 2.33. The van der Waals surface area contributed by atoms with Crippen molar-refractivity contribution in [2.45, 2.75) is 5.92 Å². The molecule has 0 radical (unpaired) electrons. The highest BCUT2D eigenvalue weighted by molar-refractivity contribution is 5.95. The van der Waals surface area contributed by atoms with Crippen LogP contribution >= 0.6 is 0 Å². The second-order valence-electron chi connectivity index (χ2n) is 4.38. The van der Waals surface area contributed by atoms with E-state index in [0.29, 0.717) is 11.1 Å². The molecule has 0 spiro atoms. The van der Waals surface area contributed by atoms with Gasteiger partial charge in [0.15, 0.2) is 0 Å². The number of allylic oxidation sites excluding steroid dienone is 1. The number of nitrogens with one attached hydrogen (secondary N) is 2. The molecule has 2 aromatic rings. The highest BCUT2D eigenvalue weighted by atomic mass is 16.5. The number of benzene rings is 1. The fourth-order valence-corrected chi connectivity index (χ4v) is 2.06. The molecule has 0 saturated heterocycles. The topological polar surface area (TPSA) is 82.0 Å². The van der Waals surface area contributed by atoms with Crippen molar-refractivity contribution in [1.29, 1.82) is 5.41 Å². The van der Waals surface area contributed by atoms with Gasteiger partial charge < -0.3 is 14.8 Å². The number of aromatic nitrogens is 2. The number of aromatic amines is 1. The Morgan fingerprint density at radius 1 is 1.48 bits per heavy atom. The molecule has 0 aliphatic heterocycles. The summed E-state index contributed by atoms with van der Waals surface area (Å²) in [4.78, 5) is 7.07. The van der Waals surface area contributed by atoms with Crippen LogP contribution < -0.4 is 0 Å². The average molecular weight is 283 g/mol. The Kier molecular flexibility index (Phi) is 4.56. The van der Waals surface area contributed by atoms with E-state index in [-0.39, 0.29) is 24.2 Å². The zero-order valence-electron chi connectivity index (χ0n) is 11.5. The van der Waals surface area contributed by atoms with Crippen molar-refractivity contribution in [3.63, 3.8) is 0 Å². The van der Waals surface area contributed by atoms with Crippen molar-refractivity contribution in [3.8, 4) is 5.75 Å². The Morgan fingerprint density at radius 3 is 2.90 bits per heavy atom. The van der Waals surface area contributed by atoms with E-state index in [4.69, 9.17) is 10.1 Å². The number of hydrogen-bond donors (Lipinski definition) is 3. The summed E-state index contributed by atoms with van der Waals surface area (Å²) < 4.78 is 5.17. The number of ether oxygens (including phenoxy) is 1. The Morgan fingerprint density at radius 2 is 2.29 bits per heavy atom. The molecule has 2 rings (SSSR count). The summed E-state index contributed by atoms with van der Waals surface area (Å²) in [5, 5.41) is 18.3. The number of imidazole rings is 1. The second kappa shape index (κ2) is 6.56. The van der Waals surface area contributed by atoms with Crippen molar-refractivity contribution in [2.24, 2.45) is 0 Å². The maximum absolute atomic E-state index is 10.4. The van der Waals surface area contributed by atoms with E-state index in [9.17, 15) is 5.11 Å². The molecule has 5 nitrogen and oxygen atoms in total. The summed E-state index contributed by atoms with van der Waals surface area (Å²) >= 11 is 0. The van der Waals surface area contributed by atoms with Crippen LogP contribution in [-0.4, -0.2) is 27.6 Å². The smallest absolute Gasteiger partial charge is 0.217 e. The van der Waals surface area contributed by atoms with Gasteiger partial charge in [-0.3, -0.25) is 5.41 Å². The zero-order chi connectivity index (χ0) is 15.2. The lowest BCUT2D eigenvalue weighted by Gasteiger charge is -2.15. The predicted molar refractivity (Wildman–Crippen MR) is 81.7 cm³/mol. The number of aromatic hydroxyl groups is 1. The van der Waals surface area contributed by atoms with Crippen molar-refractivity contribution in [2.75, 3.05) is 6.61 Å². The van der Waals surface area contributed by atoms with Crippen molar-refractivity contribution in [3.05, 3.63) is 72.9 Å². The van der Waals surface area contributed by atoms with Gasteiger partial charge in [0.1, 0.15) is 12.4 Å². The summed E-state index contributed by atoms with van der Waals surface area (Å²) in [7, 11) is 0. The summed E-state index contributed by atoms with van der Waals surface area (Å²) in [6, 6.07) is 5.18. The van der Waals surface area contributed by atoms with Crippen LogP contribution in [0, 0.1) is 5.41 Å². The Bertz CT molecular complexity index is 648. The third kappa shape index (κ3) is 3.02. The number of phenols is 1. The SMILES string of the molecule is C=CCOC(=N)c1cccc(C(C=C)c2c[nH]cn2)c1O. The number of rotatable bonds is 6. The van der Waals surface area contributed by atoms with E-state index < -0.39 is 0 Å². The van der Waals surface area contributed by atoms with Gasteiger partial charge in [-0.15, -0.1) is 6.58 Å². The molecule has 1 unspecified atom stereocenters. The lowest BCUT2D eigenvalue weighted by atomic mass is 9.93. The van der Waals surface area contributed by atoms with Crippen LogP contribution in [0.5, 0.6) is 5.75 Å². The maximum Gasteiger partial charge on any atom is 0.217 e. The number of H-pyrrole nitrogens is 1. The number of nitrogens with zero attached hydrogens (tertiary/aromatic N) is 1. The quantitative estimate of drug-likeness (QED) is 0.433. The standard InChI is InChI=1S/C16H17N3O2/c1-3-8-21-16(17)13-7-5-6-12(15(13)20)11(4-2)14-9-18-10-19-14/h3-7,9-11,17,20H,1-2,8H2,(H,18,19). The fraction of sp³-hybridized carbons (Fsp3) is 0.125. The van der Waals surface area contributed by atoms with Gasteiger partial charge in [0.2, 0.25) is 5.90 Å². The molecule has 1 heterocycles. The van der Waals surface area contributed by atoms with E-state index in [1.165, 1.54) is 0 Å². The molecule has 0 aliphatic rings. The van der Waals surface area contributed by atoms with E-state index in [0.717, 1.165) is 5.69 Å². The normalized spacial score (nSPS) is 11.6. The first kappa shape index (κ1) is 14.6. The van der Waals surface area contributed by atoms with Crippen LogP contribution in [0.3, 0.4) is 0 Å². The number of phenolic OH excluding ortho intramolecular Hbond substituents is 1. The van der Waals surface area contributed by atoms with Crippen LogP contribution in [0.25, 0.3) is 0 Å². The van der Waals surface area contributed by atoms with Gasteiger partial charge in [-0.1, -0.05) is 30.9 Å². The van der Waals surface area contributed by atoms with Gasteiger partial charge in [0, 0.05) is 17.7 Å². The molecule has 0 bridgehead atoms. The minimum Gasteiger partial charge on any atom is -0.507 e. The summed E-state index contributed by atoms with van der Waals surface area (Å²) in [5.74, 6) is -0.359. The highest BCUT2D eigenvalue weighted by Gasteiger charge is 2.20. The Balaban J connectivity index is 2.39. The van der Waals surface area contributed by atoms with Gasteiger partial charge >= 0.3 is 0 Å². The van der Waals surface area contributed by atoms with Gasteiger partial charge in [-0.05, 0) is 6.07 Å². The first-order chi connectivity index (χ1) is 10.2. The minimum absolute atomic E-state index is 0.000498. The van der Waals surface area contributed by atoms with Gasteiger partial charge in [-0.25, -0.2) is 4.98 Å². The third-order valence-electron chi connectivity index (χ3n) is 3.07. The van der Waals surface area contributed by atoms with Crippen LogP contribution in [-0.2, 0) is 4.74 Å². The van der Waals surface area contributed by atoms with Crippen molar-refractivity contribution < 1.29 is 9.84 Å². The summed E-state index contributed by atoms with van der Waals surface area (Å²) in [5.41, 5.74) is 1.70. The lowest BCUT2D eigenvalue weighted by molar-refractivity contribution is 0.346. The van der Waals surface area contributed by atoms with Gasteiger partial charge in [-0.2, -0.15) is 0 Å². The third-order valence-corrected chi connectivity index (χ3v) is 3.07. The van der Waals surface area contributed by atoms with Crippen LogP contribution in [0.1, 0.15) is 22.7 Å². The number of hydrogen-bond acceptors (Lipinski definition) is 4. The summed E-state index contributed by atoms with van der Waals surface area (Å²) in [6.07, 6.45) is 6.56. The number of para-hydroxylation sites is 1. The zero-order valence-corrected chi connectivity index (χ0v) is 11.5. The maximum atomic E-state index is 10.4. The van der Waals surface area contributed by atoms with E-state index in [1.807, 2.05) is 0 Å². The molecule has 1 aromatic heterocycles. The van der Waals surface area contributed by atoms with Crippen molar-refractivity contribution >= 4 is 5.90 Å². The van der Waals surface area contributed by atoms with Gasteiger partial charge in [0.25, 0.3) is 0 Å². The predicted octanol–water partition coefficient (Wildman–Crippen LogP) is 2.96. The van der Waals surface area contributed by atoms with E-state index in [1.54, 1.807) is 42.9 Å². The van der Waals surface area contributed by atoms with Crippen molar-refractivity contribution in [1.82, 2.24) is 9.97 Å². The van der Waals surface area contributed by atoms with E-state index >= 15 is 0 Å². The monoisotopic (exact) mass is 283 g/mol. The molecule has 0 saturated carbocycles. The molecule has 0 aliphatic carbocycles. The van der Waals surface area contributed by atoms with Crippen LogP contribution in [0.2, 0.25) is 0 Å². The Hall–Kier alpha value is -2.82. The van der Waals surface area contributed by atoms with Gasteiger partial charge in [0.05, 0.1) is 17.6 Å². The second-order valence-corrected chi connectivity index (χ2v) is 4.38. The first-order valence-corrected chi connectivity index (χ1v) is 6.44. The molecule has 5 heteroatoms. The fourth-order valence-electron chi connectivity index (χ4n) is 2.06. The first-order valence-electron chi connectivity index (χ1n) is 6.44. The molecule has 1 atom stereocenters. The summed E-state index contributed by atoms with van der Waals surface area (Å²) in [6.45, 7) is 7.54. The largest absolute Gasteiger partial charge is 0.507 e. The van der Waals surface area contributed by atoms with E-state index in [2.05, 4.69) is 23.1 Å². The molecule has 0 fully saturated rings. The van der Waals surface area contributed by atoms with Crippen LogP contribution in [0.4, 0.5) is 0 Å². The Labute approximate surface area is 123 Å².